The maximum atomic E-state index is 9.81. The number of hydrogen-bond acceptors (Lipinski definition) is 9. The number of anilines is 2. The van der Waals surface area contributed by atoms with E-state index in [1.165, 1.54) is 0 Å². The minimum Gasteiger partial charge on any atom is -0.496 e. The van der Waals surface area contributed by atoms with Gasteiger partial charge >= 0.3 is 0 Å². The molecule has 0 bridgehead atoms. The van der Waals surface area contributed by atoms with Crippen LogP contribution in [0.2, 0.25) is 0 Å². The molecule has 9 heteroatoms. The third-order valence-electron chi connectivity index (χ3n) is 8.21. The zero-order valence-corrected chi connectivity index (χ0v) is 21.7. The third-order valence-corrected chi connectivity index (χ3v) is 8.21. The Morgan fingerprint density at radius 1 is 1.03 bits per heavy atom. The number of aliphatic hydroxyl groups is 1. The topological polar surface area (TPSA) is 93.1 Å². The molecule has 3 fully saturated rings. The average molecular weight is 506 g/mol. The van der Waals surface area contributed by atoms with Gasteiger partial charge in [-0.1, -0.05) is 0 Å². The smallest absolute Gasteiger partial charge is 0.229 e. The fraction of sp³-hybridized carbons (Fsp3) is 0.536. The van der Waals surface area contributed by atoms with Crippen LogP contribution in [0.4, 0.5) is 11.8 Å². The lowest BCUT2D eigenvalue weighted by molar-refractivity contribution is 0.0987. The van der Waals surface area contributed by atoms with Gasteiger partial charge in [0.05, 0.1) is 50.7 Å². The van der Waals surface area contributed by atoms with Crippen molar-refractivity contribution in [3.63, 3.8) is 0 Å². The van der Waals surface area contributed by atoms with E-state index >= 15 is 0 Å². The molecule has 1 spiro atoms. The van der Waals surface area contributed by atoms with Crippen molar-refractivity contribution in [1.82, 2.24) is 15.0 Å². The molecule has 0 unspecified atom stereocenters. The summed E-state index contributed by atoms with van der Waals surface area (Å²) >= 11 is 0. The Morgan fingerprint density at radius 3 is 2.62 bits per heavy atom. The van der Waals surface area contributed by atoms with Crippen molar-refractivity contribution in [2.24, 2.45) is 5.41 Å². The van der Waals surface area contributed by atoms with Gasteiger partial charge < -0.3 is 29.1 Å². The number of fused-ring (bicyclic) bond motifs is 1. The zero-order valence-electron chi connectivity index (χ0n) is 21.7. The predicted molar refractivity (Wildman–Crippen MR) is 142 cm³/mol. The number of nitrogens with zero attached hydrogens (tertiary/aromatic N) is 5. The molecule has 196 valence electrons. The molecule has 0 saturated carbocycles. The first-order valence-corrected chi connectivity index (χ1v) is 13.2. The predicted octanol–water partition coefficient (Wildman–Crippen LogP) is 3.42. The lowest BCUT2D eigenvalue weighted by Crippen LogP contribution is -2.45. The maximum Gasteiger partial charge on any atom is 0.229 e. The van der Waals surface area contributed by atoms with Crippen molar-refractivity contribution in [2.45, 2.75) is 38.8 Å². The summed E-state index contributed by atoms with van der Waals surface area (Å²) in [7, 11) is 1.61. The number of piperidine rings is 1. The second-order valence-electron chi connectivity index (χ2n) is 10.5. The van der Waals surface area contributed by atoms with E-state index in [0.717, 1.165) is 86.1 Å². The highest BCUT2D eigenvalue weighted by Gasteiger charge is 2.39. The van der Waals surface area contributed by atoms with Gasteiger partial charge in [-0.25, -0.2) is 4.98 Å². The van der Waals surface area contributed by atoms with Crippen LogP contribution in [0.3, 0.4) is 0 Å². The summed E-state index contributed by atoms with van der Waals surface area (Å²) in [5, 5.41) is 10.7. The van der Waals surface area contributed by atoms with Crippen LogP contribution in [0.1, 0.15) is 31.7 Å². The van der Waals surface area contributed by atoms with Crippen molar-refractivity contribution in [3.8, 4) is 17.0 Å². The first-order chi connectivity index (χ1) is 18.1. The maximum absolute atomic E-state index is 9.81. The van der Waals surface area contributed by atoms with Crippen LogP contribution in [0.25, 0.3) is 22.3 Å². The Balaban J connectivity index is 1.40. The van der Waals surface area contributed by atoms with Crippen LogP contribution >= 0.6 is 0 Å². The molecule has 6 rings (SSSR count). The molecule has 0 amide bonds. The Kier molecular flexibility index (Phi) is 6.60. The van der Waals surface area contributed by atoms with Crippen LogP contribution in [0.5, 0.6) is 5.75 Å². The lowest BCUT2D eigenvalue weighted by Gasteiger charge is -2.39. The molecule has 3 aliphatic rings. The quantitative estimate of drug-likeness (QED) is 0.560. The molecular formula is C28H35N5O4. The van der Waals surface area contributed by atoms with Crippen LogP contribution in [-0.4, -0.2) is 79.3 Å². The van der Waals surface area contributed by atoms with Gasteiger partial charge in [0.25, 0.3) is 0 Å². The highest BCUT2D eigenvalue weighted by molar-refractivity contribution is 5.90. The summed E-state index contributed by atoms with van der Waals surface area (Å²) in [5.74, 6) is 2.33. The monoisotopic (exact) mass is 505 g/mol. The molecule has 1 aromatic carbocycles. The molecule has 3 aliphatic heterocycles. The van der Waals surface area contributed by atoms with E-state index in [9.17, 15) is 5.11 Å². The number of aliphatic hydroxyl groups excluding tert-OH is 1. The highest BCUT2D eigenvalue weighted by Crippen LogP contribution is 2.40. The molecule has 1 atom stereocenters. The number of aromatic nitrogens is 3. The second kappa shape index (κ2) is 10.0. The fourth-order valence-corrected chi connectivity index (χ4v) is 5.83. The molecule has 0 radical (unpaired) electrons. The van der Waals surface area contributed by atoms with Gasteiger partial charge in [-0.05, 0) is 61.9 Å². The van der Waals surface area contributed by atoms with E-state index in [4.69, 9.17) is 29.2 Å². The summed E-state index contributed by atoms with van der Waals surface area (Å²) in [4.78, 5) is 19.8. The van der Waals surface area contributed by atoms with Crippen LogP contribution in [0.15, 0.2) is 30.3 Å². The van der Waals surface area contributed by atoms with Gasteiger partial charge in [-0.3, -0.25) is 0 Å². The number of ether oxygens (including phenoxy) is 3. The second-order valence-corrected chi connectivity index (χ2v) is 10.5. The van der Waals surface area contributed by atoms with Crippen LogP contribution < -0.4 is 14.5 Å². The number of pyridine rings is 1. The minimum absolute atomic E-state index is 0.0997. The van der Waals surface area contributed by atoms with Crippen molar-refractivity contribution in [1.29, 1.82) is 0 Å². The van der Waals surface area contributed by atoms with Gasteiger partial charge in [0.15, 0.2) is 5.65 Å². The van der Waals surface area contributed by atoms with Crippen LogP contribution in [-0.2, 0) is 16.1 Å². The molecule has 3 aromatic rings. The highest BCUT2D eigenvalue weighted by atomic mass is 16.5. The Labute approximate surface area is 217 Å². The van der Waals surface area contributed by atoms with Gasteiger partial charge in [0.1, 0.15) is 11.6 Å². The number of hydrogen-bond donors (Lipinski definition) is 1. The summed E-state index contributed by atoms with van der Waals surface area (Å²) < 4.78 is 16.8. The number of morpholine rings is 1. The first kappa shape index (κ1) is 24.3. The normalized spacial score (nSPS) is 21.6. The molecule has 9 nitrogen and oxygen atoms in total. The number of benzene rings is 1. The van der Waals surface area contributed by atoms with Crippen molar-refractivity contribution in [3.05, 3.63) is 35.9 Å². The lowest BCUT2D eigenvalue weighted by atomic mass is 9.78. The third kappa shape index (κ3) is 4.60. The number of rotatable bonds is 5. The van der Waals surface area contributed by atoms with E-state index in [0.29, 0.717) is 30.0 Å². The zero-order chi connectivity index (χ0) is 25.4. The van der Waals surface area contributed by atoms with Gasteiger partial charge in [0.2, 0.25) is 5.95 Å². The average Bonchev–Trinajstić information content (AvgIpc) is 3.40. The van der Waals surface area contributed by atoms with Crippen molar-refractivity contribution < 1.29 is 19.3 Å². The van der Waals surface area contributed by atoms with E-state index in [2.05, 4.69) is 22.8 Å². The number of methoxy groups -OCH3 is 1. The molecule has 2 aromatic heterocycles. The van der Waals surface area contributed by atoms with Gasteiger partial charge in [-0.15, -0.1) is 0 Å². The van der Waals surface area contributed by atoms with E-state index in [-0.39, 0.29) is 12.6 Å². The van der Waals surface area contributed by atoms with Gasteiger partial charge in [-0.2, -0.15) is 9.97 Å². The molecule has 5 heterocycles. The molecule has 37 heavy (non-hydrogen) atoms. The van der Waals surface area contributed by atoms with Crippen LogP contribution in [0, 0.1) is 5.41 Å². The van der Waals surface area contributed by atoms with E-state index in [1.807, 2.05) is 24.3 Å². The first-order valence-electron chi connectivity index (χ1n) is 13.2. The Morgan fingerprint density at radius 2 is 1.89 bits per heavy atom. The minimum atomic E-state index is -0.0997. The summed E-state index contributed by atoms with van der Waals surface area (Å²) in [6.45, 7) is 7.81. The van der Waals surface area contributed by atoms with Crippen molar-refractivity contribution >= 4 is 22.8 Å². The molecular weight excluding hydrogens is 470 g/mol. The molecule has 0 aliphatic carbocycles. The molecule has 1 N–H and O–H groups in total. The van der Waals surface area contributed by atoms with E-state index in [1.54, 1.807) is 7.11 Å². The summed E-state index contributed by atoms with van der Waals surface area (Å²) in [6.07, 6.45) is 3.35. The van der Waals surface area contributed by atoms with E-state index < -0.39 is 0 Å². The molecule has 3 saturated heterocycles. The Hall–Kier alpha value is -3.01. The van der Waals surface area contributed by atoms with Gasteiger partial charge in [0, 0.05) is 37.4 Å². The van der Waals surface area contributed by atoms with Crippen molar-refractivity contribution in [2.75, 3.05) is 63.0 Å². The summed E-state index contributed by atoms with van der Waals surface area (Å²) in [6, 6.07) is 10.1. The largest absolute Gasteiger partial charge is 0.496 e. The Bertz CT molecular complexity index is 1270. The fourth-order valence-electron chi connectivity index (χ4n) is 5.83. The standard InChI is InChI=1S/C28H35N5O4/c1-19-17-36-14-12-33(19)26-22-4-5-23(20-3-6-24(35-2)21(15-20)16-34)29-25(22)30-27(31-26)32-10-7-28(8-11-32)9-13-37-18-28/h3-6,15,19,34H,7-14,16-18H2,1-2H3/t19-/m0/s1. The summed E-state index contributed by atoms with van der Waals surface area (Å²) in [5.41, 5.74) is 3.44. The SMILES string of the molecule is COc1ccc(-c2ccc3c(N4CCOC[C@@H]4C)nc(N4CCC5(CCOC5)CC4)nc3n2)cc1CO.